The summed E-state index contributed by atoms with van der Waals surface area (Å²) in [4.78, 5) is 23.4. The minimum absolute atomic E-state index is 0.209. The molecular weight excluding hydrogens is 232 g/mol. The molecule has 0 aromatic rings. The van der Waals surface area contributed by atoms with Crippen LogP contribution in [0.5, 0.6) is 0 Å². The number of nitrogens with one attached hydrogen (secondary N) is 1. The van der Waals surface area contributed by atoms with Crippen LogP contribution < -0.4 is 11.1 Å². The Morgan fingerprint density at radius 1 is 1.39 bits per heavy atom. The highest BCUT2D eigenvalue weighted by Crippen LogP contribution is 2.40. The summed E-state index contributed by atoms with van der Waals surface area (Å²) in [6.45, 7) is 1.95. The molecule has 0 aromatic heterocycles. The predicted molar refractivity (Wildman–Crippen MR) is 66.9 cm³/mol. The Kier molecular flexibility index (Phi) is 3.36. The second-order valence-electron chi connectivity index (χ2n) is 6.03. The summed E-state index contributed by atoms with van der Waals surface area (Å²) >= 11 is 0. The number of aliphatic carboxylic acids is 1. The van der Waals surface area contributed by atoms with E-state index < -0.39 is 16.9 Å². The number of rotatable bonds is 5. The fraction of sp³-hybridized carbons (Fsp3) is 0.846. The Bertz CT molecular complexity index is 355. The maximum Gasteiger partial charge on any atom is 0.311 e. The molecule has 2 aliphatic carbocycles. The van der Waals surface area contributed by atoms with Gasteiger partial charge in [0.1, 0.15) is 0 Å². The quantitative estimate of drug-likeness (QED) is 0.679. The highest BCUT2D eigenvalue weighted by molar-refractivity contribution is 5.87. The summed E-state index contributed by atoms with van der Waals surface area (Å²) in [7, 11) is 0. The molecule has 0 bridgehead atoms. The van der Waals surface area contributed by atoms with E-state index >= 15 is 0 Å². The Labute approximate surface area is 107 Å². The van der Waals surface area contributed by atoms with Crippen molar-refractivity contribution in [3.63, 3.8) is 0 Å². The summed E-state index contributed by atoms with van der Waals surface area (Å²) < 4.78 is 0. The van der Waals surface area contributed by atoms with Crippen molar-refractivity contribution in [1.82, 2.24) is 5.32 Å². The highest BCUT2D eigenvalue weighted by atomic mass is 16.4. The predicted octanol–water partition coefficient (Wildman–Crippen LogP) is 0.875. The first-order valence-corrected chi connectivity index (χ1v) is 6.69. The number of carboxylic acids is 1. The smallest absolute Gasteiger partial charge is 0.311 e. The van der Waals surface area contributed by atoms with Gasteiger partial charge in [-0.3, -0.25) is 9.59 Å². The van der Waals surface area contributed by atoms with Crippen molar-refractivity contribution < 1.29 is 14.7 Å². The van der Waals surface area contributed by atoms with Crippen LogP contribution in [0.15, 0.2) is 0 Å². The summed E-state index contributed by atoms with van der Waals surface area (Å²) in [6.07, 6.45) is 5.12. The molecule has 5 heteroatoms. The molecule has 2 aliphatic rings. The molecule has 102 valence electrons. The lowest BCUT2D eigenvalue weighted by molar-refractivity contribution is -0.148. The Morgan fingerprint density at radius 3 is 2.39 bits per heavy atom. The number of carboxylic acid groups (broad SMARTS) is 1. The van der Waals surface area contributed by atoms with Gasteiger partial charge in [-0.05, 0) is 38.5 Å². The maximum absolute atomic E-state index is 12.0. The molecule has 2 saturated carbocycles. The van der Waals surface area contributed by atoms with Gasteiger partial charge in [0.25, 0.3) is 0 Å². The van der Waals surface area contributed by atoms with Crippen LogP contribution in [0, 0.1) is 11.3 Å². The molecular formula is C13H22N2O3. The minimum atomic E-state index is -0.849. The standard InChI is InChI=1S/C13H22N2O3/c1-12(14,9-4-5-9)10(16)15-8-13(11(17)18)6-2-3-7-13/h9H,2-8,14H2,1H3,(H,15,16)(H,17,18). The summed E-state index contributed by atoms with van der Waals surface area (Å²) in [5.74, 6) is -0.759. The van der Waals surface area contributed by atoms with Gasteiger partial charge in [-0.1, -0.05) is 12.8 Å². The van der Waals surface area contributed by atoms with Crippen LogP contribution in [0.25, 0.3) is 0 Å². The molecule has 4 N–H and O–H groups in total. The van der Waals surface area contributed by atoms with Crippen LogP contribution in [0.1, 0.15) is 45.4 Å². The lowest BCUT2D eigenvalue weighted by Crippen LogP contribution is -2.55. The molecule has 1 unspecified atom stereocenters. The third-order valence-corrected chi connectivity index (χ3v) is 4.52. The average molecular weight is 254 g/mol. The monoisotopic (exact) mass is 254 g/mol. The number of carbonyl (C=O) groups excluding carboxylic acids is 1. The zero-order valence-corrected chi connectivity index (χ0v) is 10.9. The van der Waals surface area contributed by atoms with E-state index in [0.717, 1.165) is 25.7 Å². The zero-order chi connectivity index (χ0) is 13.4. The van der Waals surface area contributed by atoms with Crippen LogP contribution in [0.3, 0.4) is 0 Å². The fourth-order valence-corrected chi connectivity index (χ4v) is 2.83. The third-order valence-electron chi connectivity index (χ3n) is 4.52. The van der Waals surface area contributed by atoms with E-state index in [1.807, 2.05) is 0 Å². The van der Waals surface area contributed by atoms with E-state index in [1.165, 1.54) is 0 Å². The zero-order valence-electron chi connectivity index (χ0n) is 10.9. The van der Waals surface area contributed by atoms with Crippen molar-refractivity contribution in [2.24, 2.45) is 17.1 Å². The number of hydrogen-bond acceptors (Lipinski definition) is 3. The summed E-state index contributed by atoms with van der Waals surface area (Å²) in [5, 5.41) is 12.1. The highest BCUT2D eigenvalue weighted by Gasteiger charge is 2.46. The van der Waals surface area contributed by atoms with Gasteiger partial charge < -0.3 is 16.2 Å². The van der Waals surface area contributed by atoms with Gasteiger partial charge in [-0.25, -0.2) is 0 Å². The third kappa shape index (κ3) is 2.36. The molecule has 5 nitrogen and oxygen atoms in total. The Hall–Kier alpha value is -1.10. The van der Waals surface area contributed by atoms with Gasteiger partial charge in [0.05, 0.1) is 11.0 Å². The van der Waals surface area contributed by atoms with Gasteiger partial charge in [0.2, 0.25) is 5.91 Å². The van der Waals surface area contributed by atoms with Crippen LogP contribution in [0.4, 0.5) is 0 Å². The van der Waals surface area contributed by atoms with Crippen molar-refractivity contribution in [2.75, 3.05) is 6.54 Å². The normalized spacial score (nSPS) is 25.4. The molecule has 18 heavy (non-hydrogen) atoms. The lowest BCUT2D eigenvalue weighted by Gasteiger charge is -2.28. The Morgan fingerprint density at radius 2 is 1.94 bits per heavy atom. The van der Waals surface area contributed by atoms with Crippen molar-refractivity contribution in [2.45, 2.75) is 51.0 Å². The van der Waals surface area contributed by atoms with E-state index in [0.29, 0.717) is 12.8 Å². The van der Waals surface area contributed by atoms with Crippen LogP contribution in [-0.2, 0) is 9.59 Å². The largest absolute Gasteiger partial charge is 0.481 e. The van der Waals surface area contributed by atoms with Crippen molar-refractivity contribution in [3.05, 3.63) is 0 Å². The molecule has 0 aliphatic heterocycles. The SMILES string of the molecule is CC(N)(C(=O)NCC1(C(=O)O)CCCC1)C1CC1. The van der Waals surface area contributed by atoms with E-state index in [2.05, 4.69) is 5.32 Å². The molecule has 0 heterocycles. The number of amides is 1. The van der Waals surface area contributed by atoms with Gasteiger partial charge in [0.15, 0.2) is 0 Å². The van der Waals surface area contributed by atoms with E-state index in [1.54, 1.807) is 6.92 Å². The number of hydrogen-bond donors (Lipinski definition) is 3. The van der Waals surface area contributed by atoms with Gasteiger partial charge >= 0.3 is 5.97 Å². The first kappa shape index (κ1) is 13.3. The molecule has 1 amide bonds. The average Bonchev–Trinajstić information content (AvgIpc) is 3.06. The molecule has 0 saturated heterocycles. The molecule has 2 fully saturated rings. The van der Waals surface area contributed by atoms with Gasteiger partial charge in [0, 0.05) is 6.54 Å². The first-order chi connectivity index (χ1) is 8.38. The maximum atomic E-state index is 12.0. The van der Waals surface area contributed by atoms with E-state index in [9.17, 15) is 14.7 Å². The van der Waals surface area contributed by atoms with Crippen LogP contribution in [0.2, 0.25) is 0 Å². The topological polar surface area (TPSA) is 92.4 Å². The number of carbonyl (C=O) groups is 2. The van der Waals surface area contributed by atoms with E-state index in [4.69, 9.17) is 5.73 Å². The fourth-order valence-electron chi connectivity index (χ4n) is 2.83. The van der Waals surface area contributed by atoms with Gasteiger partial charge in [-0.15, -0.1) is 0 Å². The van der Waals surface area contributed by atoms with Crippen LogP contribution in [-0.4, -0.2) is 29.1 Å². The second kappa shape index (κ2) is 4.53. The van der Waals surface area contributed by atoms with Crippen molar-refractivity contribution >= 4 is 11.9 Å². The van der Waals surface area contributed by atoms with Crippen LogP contribution >= 0.6 is 0 Å². The molecule has 0 radical (unpaired) electrons. The molecule has 2 rings (SSSR count). The lowest BCUT2D eigenvalue weighted by atomic mass is 9.85. The van der Waals surface area contributed by atoms with Gasteiger partial charge in [-0.2, -0.15) is 0 Å². The van der Waals surface area contributed by atoms with Crippen molar-refractivity contribution in [1.29, 1.82) is 0 Å². The molecule has 0 spiro atoms. The summed E-state index contributed by atoms with van der Waals surface area (Å²) in [5.41, 5.74) is 4.39. The van der Waals surface area contributed by atoms with E-state index in [-0.39, 0.29) is 18.4 Å². The molecule has 1 atom stereocenters. The minimum Gasteiger partial charge on any atom is -0.481 e. The van der Waals surface area contributed by atoms with Crippen molar-refractivity contribution in [3.8, 4) is 0 Å². The summed E-state index contributed by atoms with van der Waals surface area (Å²) in [6, 6.07) is 0. The Balaban J connectivity index is 1.94. The first-order valence-electron chi connectivity index (χ1n) is 6.69. The number of nitrogens with two attached hydrogens (primary N) is 1. The molecule has 0 aromatic carbocycles. The second-order valence-corrected chi connectivity index (χ2v) is 6.03.